The fourth-order valence-electron chi connectivity index (χ4n) is 0.455. The SMILES string of the molecule is C=C(C)C(=O)O.O=CCCCCC=O. The van der Waals surface area contributed by atoms with Gasteiger partial charge in [-0.25, -0.2) is 4.79 Å². The highest BCUT2D eigenvalue weighted by molar-refractivity contribution is 5.84. The third-order valence-electron chi connectivity index (χ3n) is 1.26. The van der Waals surface area contributed by atoms with E-state index in [4.69, 9.17) is 5.11 Å². The molecule has 0 unspecified atom stereocenters. The summed E-state index contributed by atoms with van der Waals surface area (Å²) < 4.78 is 0. The van der Waals surface area contributed by atoms with E-state index < -0.39 is 5.97 Å². The lowest BCUT2D eigenvalue weighted by atomic mass is 10.2. The minimum atomic E-state index is -0.935. The molecule has 0 aromatic carbocycles. The molecule has 0 aliphatic rings. The summed E-state index contributed by atoms with van der Waals surface area (Å²) in [7, 11) is 0. The number of carboxylic acid groups (broad SMARTS) is 1. The second-order valence-electron chi connectivity index (χ2n) is 2.70. The van der Waals surface area contributed by atoms with Gasteiger partial charge in [-0.3, -0.25) is 0 Å². The summed E-state index contributed by atoms with van der Waals surface area (Å²) in [4.78, 5) is 29.0. The van der Waals surface area contributed by atoms with Gasteiger partial charge in [-0.1, -0.05) is 6.58 Å². The van der Waals surface area contributed by atoms with E-state index in [1.165, 1.54) is 6.92 Å². The average molecular weight is 200 g/mol. The number of aliphatic carboxylic acids is 1. The summed E-state index contributed by atoms with van der Waals surface area (Å²) in [6.45, 7) is 4.60. The quantitative estimate of drug-likeness (QED) is 0.401. The van der Waals surface area contributed by atoms with Gasteiger partial charge in [-0.15, -0.1) is 0 Å². The molecule has 0 heterocycles. The lowest BCUT2D eigenvalue weighted by Gasteiger charge is -1.85. The Kier molecular flexibility index (Phi) is 12.4. The van der Waals surface area contributed by atoms with Crippen molar-refractivity contribution in [1.82, 2.24) is 0 Å². The third-order valence-corrected chi connectivity index (χ3v) is 1.26. The van der Waals surface area contributed by atoms with Gasteiger partial charge in [0.05, 0.1) is 0 Å². The largest absolute Gasteiger partial charge is 0.478 e. The molecule has 0 saturated heterocycles. The van der Waals surface area contributed by atoms with Crippen molar-refractivity contribution in [2.75, 3.05) is 0 Å². The zero-order valence-corrected chi connectivity index (χ0v) is 8.36. The first-order valence-corrected chi connectivity index (χ1v) is 4.32. The molecule has 0 aromatic rings. The van der Waals surface area contributed by atoms with Gasteiger partial charge in [0.2, 0.25) is 0 Å². The highest BCUT2D eigenvalue weighted by atomic mass is 16.4. The summed E-state index contributed by atoms with van der Waals surface area (Å²) >= 11 is 0. The molecule has 0 rings (SSSR count). The summed E-state index contributed by atoms with van der Waals surface area (Å²) in [6.07, 6.45) is 4.64. The Hall–Kier alpha value is -1.45. The molecule has 0 aromatic heterocycles. The molecule has 80 valence electrons. The van der Waals surface area contributed by atoms with Crippen LogP contribution in [-0.2, 0) is 14.4 Å². The van der Waals surface area contributed by atoms with Crippen molar-refractivity contribution in [3.05, 3.63) is 12.2 Å². The van der Waals surface area contributed by atoms with Crippen molar-refractivity contribution in [3.63, 3.8) is 0 Å². The second-order valence-corrected chi connectivity index (χ2v) is 2.70. The normalized spacial score (nSPS) is 8.07. The summed E-state index contributed by atoms with van der Waals surface area (Å²) in [6, 6.07) is 0. The van der Waals surface area contributed by atoms with Gasteiger partial charge in [0.25, 0.3) is 0 Å². The number of carboxylic acids is 1. The second kappa shape index (κ2) is 11.6. The number of carbonyl (C=O) groups is 3. The summed E-state index contributed by atoms with van der Waals surface area (Å²) in [5.41, 5.74) is 0.176. The third kappa shape index (κ3) is 16.9. The number of carbonyl (C=O) groups excluding carboxylic acids is 2. The molecule has 1 N–H and O–H groups in total. The molecule has 0 radical (unpaired) electrons. The van der Waals surface area contributed by atoms with E-state index in [2.05, 4.69) is 6.58 Å². The van der Waals surface area contributed by atoms with Crippen molar-refractivity contribution >= 4 is 18.5 Å². The number of rotatable bonds is 6. The van der Waals surface area contributed by atoms with Gasteiger partial charge in [-0.05, 0) is 19.8 Å². The Bertz CT molecular complexity index is 174. The molecule has 0 amide bonds. The van der Waals surface area contributed by atoms with E-state index in [1.807, 2.05) is 0 Å². The molecule has 0 atom stereocenters. The fraction of sp³-hybridized carbons (Fsp3) is 0.500. The van der Waals surface area contributed by atoms with Gasteiger partial charge >= 0.3 is 5.97 Å². The van der Waals surface area contributed by atoms with Crippen LogP contribution in [0.2, 0.25) is 0 Å². The minimum Gasteiger partial charge on any atom is -0.478 e. The van der Waals surface area contributed by atoms with Crippen LogP contribution >= 0.6 is 0 Å². The molecule has 0 aliphatic carbocycles. The first-order chi connectivity index (χ1) is 6.56. The maximum Gasteiger partial charge on any atom is 0.330 e. The average Bonchev–Trinajstić information content (AvgIpc) is 2.13. The van der Waals surface area contributed by atoms with Crippen molar-refractivity contribution in [3.8, 4) is 0 Å². The predicted octanol–water partition coefficient (Wildman–Crippen LogP) is 1.59. The van der Waals surface area contributed by atoms with E-state index in [0.29, 0.717) is 12.8 Å². The lowest BCUT2D eigenvalue weighted by molar-refractivity contribution is -0.132. The van der Waals surface area contributed by atoms with E-state index in [-0.39, 0.29) is 5.57 Å². The van der Waals surface area contributed by atoms with Crippen molar-refractivity contribution in [2.45, 2.75) is 32.6 Å². The van der Waals surface area contributed by atoms with Gasteiger partial charge in [0.1, 0.15) is 12.6 Å². The Balaban J connectivity index is 0. The van der Waals surface area contributed by atoms with Gasteiger partial charge in [-0.2, -0.15) is 0 Å². The van der Waals surface area contributed by atoms with Crippen LogP contribution in [0, 0.1) is 0 Å². The van der Waals surface area contributed by atoms with Crippen LogP contribution in [0.25, 0.3) is 0 Å². The molecular weight excluding hydrogens is 184 g/mol. The maximum absolute atomic E-state index is 9.68. The van der Waals surface area contributed by atoms with Crippen LogP contribution in [0.1, 0.15) is 32.6 Å². The van der Waals surface area contributed by atoms with Crippen LogP contribution in [0.15, 0.2) is 12.2 Å². The van der Waals surface area contributed by atoms with Gasteiger partial charge < -0.3 is 14.7 Å². The standard InChI is InChI=1S/C6H10O2.C4H6O2/c7-5-3-1-2-4-6-8;1-3(2)4(5)6/h5-6H,1-4H2;1H2,2H3,(H,5,6). The van der Waals surface area contributed by atoms with Crippen LogP contribution in [0.5, 0.6) is 0 Å². The molecule has 4 nitrogen and oxygen atoms in total. The number of hydrogen-bond acceptors (Lipinski definition) is 3. The number of unbranched alkanes of at least 4 members (excludes halogenated alkanes) is 3. The Labute approximate surface area is 83.6 Å². The van der Waals surface area contributed by atoms with Crippen LogP contribution in [0.4, 0.5) is 0 Å². The van der Waals surface area contributed by atoms with Crippen molar-refractivity contribution in [2.24, 2.45) is 0 Å². The highest BCUT2D eigenvalue weighted by Crippen LogP contribution is 1.93. The highest BCUT2D eigenvalue weighted by Gasteiger charge is 1.90. The van der Waals surface area contributed by atoms with Crippen molar-refractivity contribution in [1.29, 1.82) is 0 Å². The fourth-order valence-corrected chi connectivity index (χ4v) is 0.455. The number of aldehydes is 2. The molecule has 0 aliphatic heterocycles. The zero-order chi connectivity index (χ0) is 11.4. The predicted molar refractivity (Wildman–Crippen MR) is 53.0 cm³/mol. The molecule has 14 heavy (non-hydrogen) atoms. The first-order valence-electron chi connectivity index (χ1n) is 4.32. The Morgan fingerprint density at radius 1 is 1.21 bits per heavy atom. The molecular formula is C10H16O4. The van der Waals surface area contributed by atoms with Gasteiger partial charge in [0, 0.05) is 18.4 Å². The molecule has 0 fully saturated rings. The minimum absolute atomic E-state index is 0.176. The summed E-state index contributed by atoms with van der Waals surface area (Å²) in [5.74, 6) is -0.935. The maximum atomic E-state index is 9.68. The topological polar surface area (TPSA) is 71.4 Å². The van der Waals surface area contributed by atoms with Crippen molar-refractivity contribution < 1.29 is 19.5 Å². The molecule has 0 saturated carbocycles. The molecule has 0 bridgehead atoms. The van der Waals surface area contributed by atoms with Crippen LogP contribution in [-0.4, -0.2) is 23.6 Å². The van der Waals surface area contributed by atoms with Crippen LogP contribution < -0.4 is 0 Å². The Morgan fingerprint density at radius 3 is 1.64 bits per heavy atom. The van der Waals surface area contributed by atoms with E-state index in [1.54, 1.807) is 0 Å². The zero-order valence-electron chi connectivity index (χ0n) is 8.36. The van der Waals surface area contributed by atoms with E-state index in [0.717, 1.165) is 25.4 Å². The summed E-state index contributed by atoms with van der Waals surface area (Å²) in [5, 5.41) is 7.89. The first kappa shape index (κ1) is 15.0. The number of hydrogen-bond donors (Lipinski definition) is 1. The van der Waals surface area contributed by atoms with Gasteiger partial charge in [0.15, 0.2) is 0 Å². The Morgan fingerprint density at radius 2 is 1.50 bits per heavy atom. The monoisotopic (exact) mass is 200 g/mol. The molecule has 0 spiro atoms. The van der Waals surface area contributed by atoms with E-state index in [9.17, 15) is 14.4 Å². The lowest BCUT2D eigenvalue weighted by Crippen LogP contribution is -1.92. The van der Waals surface area contributed by atoms with Crippen LogP contribution in [0.3, 0.4) is 0 Å². The van der Waals surface area contributed by atoms with E-state index >= 15 is 0 Å². The molecule has 4 heteroatoms. The smallest absolute Gasteiger partial charge is 0.330 e.